The number of hydrogen-bond donors (Lipinski definition) is 0. The predicted octanol–water partition coefficient (Wildman–Crippen LogP) is 7.28. The lowest BCUT2D eigenvalue weighted by Gasteiger charge is -2.25. The Hall–Kier alpha value is -3.86. The summed E-state index contributed by atoms with van der Waals surface area (Å²) in [7, 11) is 0. The maximum atomic E-state index is 5.16. The van der Waals surface area contributed by atoms with E-state index in [1.54, 1.807) is 0 Å². The SMILES string of the molecule is CCN(CC)c1ccc(C2=NN(c3ccc4ccccc4n3)C(c3ccc(N(CC)CC)cc3)C2)cc1. The molecule has 1 atom stereocenters. The molecule has 3 aromatic carbocycles. The average molecular weight is 492 g/mol. The highest BCUT2D eigenvalue weighted by atomic mass is 15.5. The Bertz CT molecular complexity index is 1350. The van der Waals surface area contributed by atoms with Crippen LogP contribution in [0.15, 0.2) is 90.0 Å². The number of hydrazone groups is 1. The fourth-order valence-corrected chi connectivity index (χ4v) is 5.29. The molecule has 5 heteroatoms. The molecule has 1 aliphatic rings. The van der Waals surface area contributed by atoms with Gasteiger partial charge >= 0.3 is 0 Å². The van der Waals surface area contributed by atoms with E-state index in [9.17, 15) is 0 Å². The average Bonchev–Trinajstić information content (AvgIpc) is 3.40. The number of benzene rings is 3. The smallest absolute Gasteiger partial charge is 0.150 e. The first-order chi connectivity index (χ1) is 18.1. The van der Waals surface area contributed by atoms with Crippen molar-refractivity contribution in [1.82, 2.24) is 4.98 Å². The van der Waals surface area contributed by atoms with Gasteiger partial charge in [0.25, 0.3) is 0 Å². The van der Waals surface area contributed by atoms with Crippen LogP contribution >= 0.6 is 0 Å². The fraction of sp³-hybridized carbons (Fsp3) is 0.312. The lowest BCUT2D eigenvalue weighted by Crippen LogP contribution is -2.22. The summed E-state index contributed by atoms with van der Waals surface area (Å²) in [6.45, 7) is 12.8. The van der Waals surface area contributed by atoms with Gasteiger partial charge in [0.2, 0.25) is 0 Å². The molecule has 5 rings (SSSR count). The minimum absolute atomic E-state index is 0.0943. The molecule has 0 N–H and O–H groups in total. The summed E-state index contributed by atoms with van der Waals surface area (Å²) < 4.78 is 0. The minimum Gasteiger partial charge on any atom is -0.372 e. The van der Waals surface area contributed by atoms with Crippen molar-refractivity contribution in [1.29, 1.82) is 0 Å². The third kappa shape index (κ3) is 5.04. The van der Waals surface area contributed by atoms with E-state index in [1.165, 1.54) is 22.5 Å². The van der Waals surface area contributed by atoms with Gasteiger partial charge in [0, 0.05) is 49.4 Å². The van der Waals surface area contributed by atoms with Crippen molar-refractivity contribution in [3.8, 4) is 0 Å². The van der Waals surface area contributed by atoms with Crippen LogP contribution < -0.4 is 14.8 Å². The highest BCUT2D eigenvalue weighted by Crippen LogP contribution is 2.37. The van der Waals surface area contributed by atoms with Crippen LogP contribution in [-0.4, -0.2) is 36.9 Å². The first kappa shape index (κ1) is 24.8. The molecule has 0 bridgehead atoms. The maximum Gasteiger partial charge on any atom is 0.150 e. The molecule has 5 nitrogen and oxygen atoms in total. The standard InChI is InChI=1S/C32H37N5/c1-5-35(6-2)27-18-13-25(14-19-27)30-23-31(26-15-20-28(21-16-26)36(7-3)8-4)37(34-30)32-22-17-24-11-9-10-12-29(24)33-32/h9-22,31H,5-8,23H2,1-4H3. The number of nitrogens with zero attached hydrogens (tertiary/aromatic N) is 5. The summed E-state index contributed by atoms with van der Waals surface area (Å²) in [5.74, 6) is 0.881. The summed E-state index contributed by atoms with van der Waals surface area (Å²) in [6.07, 6.45) is 0.837. The van der Waals surface area contributed by atoms with Crippen LogP contribution in [0.2, 0.25) is 0 Å². The summed E-state index contributed by atoms with van der Waals surface area (Å²) >= 11 is 0. The zero-order valence-corrected chi connectivity index (χ0v) is 22.4. The first-order valence-corrected chi connectivity index (χ1v) is 13.6. The van der Waals surface area contributed by atoms with Crippen LogP contribution in [0.1, 0.15) is 51.3 Å². The Kier molecular flexibility index (Phi) is 7.40. The Morgan fingerprint density at radius 3 is 1.92 bits per heavy atom. The van der Waals surface area contributed by atoms with Crippen molar-refractivity contribution in [3.63, 3.8) is 0 Å². The summed E-state index contributed by atoms with van der Waals surface area (Å²) in [5.41, 5.74) is 7.02. The van der Waals surface area contributed by atoms with Crippen molar-refractivity contribution in [2.45, 2.75) is 40.2 Å². The molecule has 1 unspecified atom stereocenters. The van der Waals surface area contributed by atoms with Gasteiger partial charge in [-0.25, -0.2) is 9.99 Å². The molecule has 190 valence electrons. The molecule has 0 saturated heterocycles. The second kappa shape index (κ2) is 11.0. The molecule has 0 fully saturated rings. The van der Waals surface area contributed by atoms with Crippen molar-refractivity contribution in [2.75, 3.05) is 41.0 Å². The summed E-state index contributed by atoms with van der Waals surface area (Å²) in [5, 5.41) is 8.42. The van der Waals surface area contributed by atoms with Gasteiger partial charge in [-0.2, -0.15) is 5.10 Å². The molecule has 0 amide bonds. The van der Waals surface area contributed by atoms with Gasteiger partial charge in [0.1, 0.15) is 5.82 Å². The quantitative estimate of drug-likeness (QED) is 0.246. The van der Waals surface area contributed by atoms with Gasteiger partial charge in [-0.15, -0.1) is 0 Å². The van der Waals surface area contributed by atoms with Crippen molar-refractivity contribution >= 4 is 33.8 Å². The van der Waals surface area contributed by atoms with E-state index in [1.807, 2.05) is 6.07 Å². The normalized spacial score (nSPS) is 15.2. The Morgan fingerprint density at radius 1 is 0.703 bits per heavy atom. The topological polar surface area (TPSA) is 35.0 Å². The molecule has 1 aromatic heterocycles. The number of aromatic nitrogens is 1. The summed E-state index contributed by atoms with van der Waals surface area (Å²) in [4.78, 5) is 9.74. The molecule has 0 aliphatic carbocycles. The molecule has 4 aromatic rings. The Balaban J connectivity index is 1.51. The second-order valence-corrected chi connectivity index (χ2v) is 9.46. The highest BCUT2D eigenvalue weighted by molar-refractivity contribution is 6.03. The van der Waals surface area contributed by atoms with Crippen LogP contribution in [0.4, 0.5) is 17.2 Å². The molecule has 0 saturated carbocycles. The number of rotatable bonds is 9. The van der Waals surface area contributed by atoms with Crippen LogP contribution in [0.25, 0.3) is 10.9 Å². The lowest BCUT2D eigenvalue weighted by atomic mass is 9.98. The Morgan fingerprint density at radius 2 is 1.30 bits per heavy atom. The van der Waals surface area contributed by atoms with Crippen LogP contribution in [0, 0.1) is 0 Å². The van der Waals surface area contributed by atoms with Gasteiger partial charge in [0.05, 0.1) is 17.3 Å². The van der Waals surface area contributed by atoms with Gasteiger partial charge in [-0.05, 0) is 81.3 Å². The molecule has 0 radical (unpaired) electrons. The molecule has 1 aliphatic heterocycles. The van der Waals surface area contributed by atoms with E-state index in [-0.39, 0.29) is 6.04 Å². The van der Waals surface area contributed by atoms with E-state index in [4.69, 9.17) is 10.1 Å². The monoisotopic (exact) mass is 491 g/mol. The van der Waals surface area contributed by atoms with Crippen LogP contribution in [0.5, 0.6) is 0 Å². The molecular weight excluding hydrogens is 454 g/mol. The van der Waals surface area contributed by atoms with E-state index in [2.05, 4.69) is 121 Å². The summed E-state index contributed by atoms with van der Waals surface area (Å²) in [6, 6.07) is 30.5. The zero-order chi connectivity index (χ0) is 25.8. The number of pyridine rings is 1. The number of hydrogen-bond acceptors (Lipinski definition) is 5. The van der Waals surface area contributed by atoms with E-state index >= 15 is 0 Å². The van der Waals surface area contributed by atoms with Crippen molar-refractivity contribution < 1.29 is 0 Å². The van der Waals surface area contributed by atoms with Gasteiger partial charge in [0.15, 0.2) is 0 Å². The van der Waals surface area contributed by atoms with Crippen molar-refractivity contribution in [2.24, 2.45) is 5.10 Å². The van der Waals surface area contributed by atoms with Gasteiger partial charge in [-0.1, -0.05) is 42.5 Å². The van der Waals surface area contributed by atoms with Gasteiger partial charge < -0.3 is 9.80 Å². The van der Waals surface area contributed by atoms with Crippen LogP contribution in [-0.2, 0) is 0 Å². The third-order valence-corrected chi connectivity index (χ3v) is 7.46. The second-order valence-electron chi connectivity index (χ2n) is 9.46. The number of fused-ring (bicyclic) bond motifs is 1. The largest absolute Gasteiger partial charge is 0.372 e. The van der Waals surface area contributed by atoms with E-state index < -0.39 is 0 Å². The molecular formula is C32H37N5. The molecule has 0 spiro atoms. The van der Waals surface area contributed by atoms with E-state index in [0.29, 0.717) is 0 Å². The fourth-order valence-electron chi connectivity index (χ4n) is 5.29. The molecule has 2 heterocycles. The van der Waals surface area contributed by atoms with Crippen molar-refractivity contribution in [3.05, 3.63) is 96.1 Å². The zero-order valence-electron chi connectivity index (χ0n) is 22.4. The maximum absolute atomic E-state index is 5.16. The predicted molar refractivity (Wildman–Crippen MR) is 158 cm³/mol. The lowest BCUT2D eigenvalue weighted by molar-refractivity contribution is 0.700. The third-order valence-electron chi connectivity index (χ3n) is 7.46. The van der Waals surface area contributed by atoms with Gasteiger partial charge in [-0.3, -0.25) is 0 Å². The minimum atomic E-state index is 0.0943. The highest BCUT2D eigenvalue weighted by Gasteiger charge is 2.31. The van der Waals surface area contributed by atoms with Crippen LogP contribution in [0.3, 0.4) is 0 Å². The number of anilines is 3. The van der Waals surface area contributed by atoms with E-state index in [0.717, 1.165) is 55.0 Å². The Labute approximate surface area is 221 Å². The molecule has 37 heavy (non-hydrogen) atoms. The first-order valence-electron chi connectivity index (χ1n) is 13.6. The number of para-hydroxylation sites is 1.